The molecule has 0 spiro atoms. The maximum atomic E-state index is 12.6. The van der Waals surface area contributed by atoms with Gasteiger partial charge in [0.05, 0.1) is 5.56 Å². The number of hydrogen-bond acceptors (Lipinski definition) is 2. The molecule has 0 radical (unpaired) electrons. The van der Waals surface area contributed by atoms with Crippen LogP contribution in [-0.2, 0) is 11.0 Å². The van der Waals surface area contributed by atoms with E-state index in [4.69, 9.17) is 11.6 Å². The Labute approximate surface area is 114 Å². The molecule has 0 aliphatic carbocycles. The van der Waals surface area contributed by atoms with Crippen LogP contribution in [0.2, 0.25) is 5.02 Å². The van der Waals surface area contributed by atoms with Crippen molar-refractivity contribution >= 4 is 23.2 Å². The molecule has 0 fully saturated rings. The minimum Gasteiger partial charge on any atom is -0.374 e. The van der Waals surface area contributed by atoms with E-state index in [1.807, 2.05) is 0 Å². The van der Waals surface area contributed by atoms with Crippen molar-refractivity contribution in [3.8, 4) is 0 Å². The van der Waals surface area contributed by atoms with Crippen LogP contribution in [0.5, 0.6) is 0 Å². The Bertz CT molecular complexity index is 475. The van der Waals surface area contributed by atoms with Gasteiger partial charge in [0.2, 0.25) is 5.91 Å². The van der Waals surface area contributed by atoms with Crippen molar-refractivity contribution < 1.29 is 18.0 Å². The zero-order valence-electron chi connectivity index (χ0n) is 10.7. The van der Waals surface area contributed by atoms with E-state index in [0.717, 1.165) is 12.1 Å². The van der Waals surface area contributed by atoms with Crippen LogP contribution in [0.25, 0.3) is 0 Å². The summed E-state index contributed by atoms with van der Waals surface area (Å²) in [6.07, 6.45) is -4.48. The van der Waals surface area contributed by atoms with Crippen molar-refractivity contribution in [3.63, 3.8) is 0 Å². The van der Waals surface area contributed by atoms with Gasteiger partial charge in [0.15, 0.2) is 0 Å². The number of amides is 1. The molecule has 19 heavy (non-hydrogen) atoms. The van der Waals surface area contributed by atoms with Gasteiger partial charge in [-0.1, -0.05) is 11.6 Å². The van der Waals surface area contributed by atoms with Crippen LogP contribution < -0.4 is 5.32 Å². The number of hydrogen-bond donors (Lipinski definition) is 1. The number of alkyl halides is 3. The fourth-order valence-corrected chi connectivity index (χ4v) is 1.77. The topological polar surface area (TPSA) is 32.3 Å². The molecule has 0 saturated heterocycles. The van der Waals surface area contributed by atoms with Crippen LogP contribution in [0.15, 0.2) is 18.2 Å². The molecule has 0 bridgehead atoms. The van der Waals surface area contributed by atoms with Crippen molar-refractivity contribution in [3.05, 3.63) is 28.8 Å². The summed E-state index contributed by atoms with van der Waals surface area (Å²) >= 11 is 5.65. The maximum Gasteiger partial charge on any atom is 0.416 e. The molecule has 1 aromatic carbocycles. The van der Waals surface area contributed by atoms with Crippen molar-refractivity contribution in [2.75, 3.05) is 19.4 Å². The van der Waals surface area contributed by atoms with Crippen molar-refractivity contribution in [2.24, 2.45) is 0 Å². The predicted octanol–water partition coefficient (Wildman–Crippen LogP) is 3.25. The van der Waals surface area contributed by atoms with Crippen LogP contribution in [-0.4, -0.2) is 30.9 Å². The average molecular weight is 295 g/mol. The summed E-state index contributed by atoms with van der Waals surface area (Å²) in [5, 5.41) is 2.66. The molecule has 0 aliphatic heterocycles. The molecule has 1 amide bonds. The first-order chi connectivity index (χ1) is 8.61. The Morgan fingerprint density at radius 3 is 2.37 bits per heavy atom. The largest absolute Gasteiger partial charge is 0.416 e. The van der Waals surface area contributed by atoms with E-state index in [1.54, 1.807) is 21.0 Å². The molecule has 0 aromatic heterocycles. The maximum absolute atomic E-state index is 12.6. The summed E-state index contributed by atoms with van der Waals surface area (Å²) in [6, 6.07) is 2.46. The lowest BCUT2D eigenvalue weighted by Crippen LogP contribution is -2.36. The molecular formula is C12H14ClF3N2O. The third kappa shape index (κ3) is 4.31. The third-order valence-corrected chi connectivity index (χ3v) is 2.64. The Morgan fingerprint density at radius 1 is 1.32 bits per heavy atom. The first-order valence-corrected chi connectivity index (χ1v) is 5.84. The molecule has 7 heteroatoms. The third-order valence-electron chi connectivity index (χ3n) is 2.42. The fourth-order valence-electron chi connectivity index (χ4n) is 1.54. The predicted molar refractivity (Wildman–Crippen MR) is 68.2 cm³/mol. The van der Waals surface area contributed by atoms with Crippen LogP contribution >= 0.6 is 11.6 Å². The van der Waals surface area contributed by atoms with Crippen LogP contribution in [0, 0.1) is 0 Å². The van der Waals surface area contributed by atoms with E-state index in [-0.39, 0.29) is 16.6 Å². The van der Waals surface area contributed by atoms with Gasteiger partial charge in [0, 0.05) is 24.8 Å². The molecule has 3 nitrogen and oxygen atoms in total. The second-order valence-electron chi connectivity index (χ2n) is 4.33. The number of anilines is 1. The molecule has 1 unspecified atom stereocenters. The van der Waals surface area contributed by atoms with E-state index in [1.165, 1.54) is 11.0 Å². The summed E-state index contributed by atoms with van der Waals surface area (Å²) in [4.78, 5) is 13.0. The molecule has 0 saturated carbocycles. The van der Waals surface area contributed by atoms with E-state index >= 15 is 0 Å². The summed E-state index contributed by atoms with van der Waals surface area (Å²) in [7, 11) is 3.14. The lowest BCUT2D eigenvalue weighted by Gasteiger charge is -2.19. The standard InChI is InChI=1S/C12H14ClF3N2O/c1-7(11(19)18(2)3)17-10-5-8(12(14,15)16)4-9(13)6-10/h4-7,17H,1-3H3. The van der Waals surface area contributed by atoms with Crippen molar-refractivity contribution in [2.45, 2.75) is 19.1 Å². The molecular weight excluding hydrogens is 281 g/mol. The summed E-state index contributed by atoms with van der Waals surface area (Å²) in [5.74, 6) is -0.242. The summed E-state index contributed by atoms with van der Waals surface area (Å²) < 4.78 is 37.8. The van der Waals surface area contributed by atoms with Crippen LogP contribution in [0.3, 0.4) is 0 Å². The van der Waals surface area contributed by atoms with Gasteiger partial charge in [-0.25, -0.2) is 0 Å². The smallest absolute Gasteiger partial charge is 0.374 e. The van der Waals surface area contributed by atoms with Crippen molar-refractivity contribution in [1.82, 2.24) is 4.90 Å². The zero-order valence-corrected chi connectivity index (χ0v) is 11.4. The number of halogens is 4. The minimum absolute atomic E-state index is 0.0400. The number of carbonyl (C=O) groups is 1. The Balaban J connectivity index is 2.96. The molecule has 1 rings (SSSR count). The Kier molecular flexibility index (Phi) is 4.68. The second-order valence-corrected chi connectivity index (χ2v) is 4.76. The van der Waals surface area contributed by atoms with Gasteiger partial charge in [-0.15, -0.1) is 0 Å². The second kappa shape index (κ2) is 5.69. The van der Waals surface area contributed by atoms with E-state index in [2.05, 4.69) is 5.32 Å². The highest BCUT2D eigenvalue weighted by atomic mass is 35.5. The number of benzene rings is 1. The first-order valence-electron chi connectivity index (χ1n) is 5.46. The number of rotatable bonds is 3. The van der Waals surface area contributed by atoms with Gasteiger partial charge in [0.25, 0.3) is 0 Å². The normalized spacial score (nSPS) is 13.0. The van der Waals surface area contributed by atoms with E-state index in [9.17, 15) is 18.0 Å². The number of nitrogens with one attached hydrogen (secondary N) is 1. The van der Waals surface area contributed by atoms with Gasteiger partial charge in [-0.3, -0.25) is 4.79 Å². The van der Waals surface area contributed by atoms with Crippen LogP contribution in [0.4, 0.5) is 18.9 Å². The quantitative estimate of drug-likeness (QED) is 0.928. The highest BCUT2D eigenvalue weighted by Crippen LogP contribution is 2.33. The molecule has 106 valence electrons. The zero-order chi connectivity index (χ0) is 14.8. The van der Waals surface area contributed by atoms with Crippen molar-refractivity contribution in [1.29, 1.82) is 0 Å². The summed E-state index contributed by atoms with van der Waals surface area (Å²) in [6.45, 7) is 1.57. The SMILES string of the molecule is CC(Nc1cc(Cl)cc(C(F)(F)F)c1)C(=O)N(C)C. The molecule has 1 aromatic rings. The molecule has 0 aliphatic rings. The Morgan fingerprint density at radius 2 is 1.89 bits per heavy atom. The lowest BCUT2D eigenvalue weighted by molar-refractivity contribution is -0.137. The lowest BCUT2D eigenvalue weighted by atomic mass is 10.1. The molecule has 0 heterocycles. The number of nitrogens with zero attached hydrogens (tertiary/aromatic N) is 1. The highest BCUT2D eigenvalue weighted by Gasteiger charge is 2.31. The van der Waals surface area contributed by atoms with Crippen LogP contribution in [0.1, 0.15) is 12.5 Å². The van der Waals surface area contributed by atoms with Gasteiger partial charge in [-0.2, -0.15) is 13.2 Å². The first kappa shape index (κ1) is 15.6. The van der Waals surface area contributed by atoms with Gasteiger partial charge in [0.1, 0.15) is 6.04 Å². The average Bonchev–Trinajstić information content (AvgIpc) is 2.25. The molecule has 1 atom stereocenters. The monoisotopic (exact) mass is 294 g/mol. The minimum atomic E-state index is -4.48. The van der Waals surface area contributed by atoms with E-state index < -0.39 is 17.8 Å². The highest BCUT2D eigenvalue weighted by molar-refractivity contribution is 6.31. The Hall–Kier alpha value is -1.43. The van der Waals surface area contributed by atoms with Gasteiger partial charge < -0.3 is 10.2 Å². The van der Waals surface area contributed by atoms with Gasteiger partial charge in [-0.05, 0) is 25.1 Å². The van der Waals surface area contributed by atoms with Gasteiger partial charge >= 0.3 is 6.18 Å². The number of likely N-dealkylation sites (N-methyl/N-ethyl adjacent to an activating group) is 1. The van der Waals surface area contributed by atoms with E-state index in [0.29, 0.717) is 0 Å². The summed E-state index contributed by atoms with van der Waals surface area (Å²) in [5.41, 5.74) is -0.700. The number of carbonyl (C=O) groups excluding carboxylic acids is 1. The molecule has 1 N–H and O–H groups in total. The fraction of sp³-hybridized carbons (Fsp3) is 0.417.